The lowest BCUT2D eigenvalue weighted by atomic mass is 10.2. The van der Waals surface area contributed by atoms with Gasteiger partial charge in [-0.25, -0.2) is 0 Å². The normalized spacial score (nSPS) is 16.7. The van der Waals surface area contributed by atoms with E-state index in [9.17, 15) is 13.6 Å². The monoisotopic (exact) mass is 357 g/mol. The van der Waals surface area contributed by atoms with Crippen LogP contribution in [0.5, 0.6) is 5.75 Å². The molecule has 1 aliphatic heterocycles. The third-order valence-corrected chi connectivity index (χ3v) is 3.16. The van der Waals surface area contributed by atoms with Crippen molar-refractivity contribution >= 4 is 36.4 Å². The van der Waals surface area contributed by atoms with Crippen molar-refractivity contribution in [1.29, 1.82) is 0 Å². The molecule has 1 atom stereocenters. The number of hydrogen-bond acceptors (Lipinski definition) is 4. The van der Waals surface area contributed by atoms with Gasteiger partial charge in [-0.1, -0.05) is 12.1 Å². The van der Waals surface area contributed by atoms with Gasteiger partial charge in [-0.15, -0.1) is 24.8 Å². The highest BCUT2D eigenvalue weighted by Gasteiger charge is 2.26. The second kappa shape index (κ2) is 9.66. The second-order valence-electron chi connectivity index (χ2n) is 4.55. The number of anilines is 1. The Hall–Kier alpha value is -1.31. The summed E-state index contributed by atoms with van der Waals surface area (Å²) in [5, 5.41) is 2.79. The molecule has 0 spiro atoms. The Kier molecular flexibility index (Phi) is 9.08. The molecule has 5 nitrogen and oxygen atoms in total. The third-order valence-electron chi connectivity index (χ3n) is 3.16. The van der Waals surface area contributed by atoms with Crippen LogP contribution in [0, 0.1) is 0 Å². The van der Waals surface area contributed by atoms with E-state index >= 15 is 0 Å². The van der Waals surface area contributed by atoms with Gasteiger partial charge in [-0.2, -0.15) is 8.78 Å². The van der Waals surface area contributed by atoms with Gasteiger partial charge < -0.3 is 20.7 Å². The summed E-state index contributed by atoms with van der Waals surface area (Å²) >= 11 is 0. The molecule has 9 heteroatoms. The lowest BCUT2D eigenvalue weighted by Crippen LogP contribution is -2.40. The van der Waals surface area contributed by atoms with Crippen LogP contribution in [0.4, 0.5) is 14.5 Å². The van der Waals surface area contributed by atoms with Crippen LogP contribution in [0.1, 0.15) is 6.42 Å². The standard InChI is InChI=1S/C13H17F2N3O2.2ClH/c14-13(15)20-11-4-2-1-3-10(11)18-6-5-9(8-18)17-12(19)7-16;;/h1-4,9,13H,5-8,16H2,(H,17,19);2*1H. The number of rotatable bonds is 5. The molecule has 0 bridgehead atoms. The fourth-order valence-corrected chi connectivity index (χ4v) is 2.30. The quantitative estimate of drug-likeness (QED) is 0.842. The highest BCUT2D eigenvalue weighted by Crippen LogP contribution is 2.31. The lowest BCUT2D eigenvalue weighted by Gasteiger charge is -2.21. The first-order valence-corrected chi connectivity index (χ1v) is 6.38. The largest absolute Gasteiger partial charge is 0.433 e. The average Bonchev–Trinajstić information content (AvgIpc) is 2.87. The highest BCUT2D eigenvalue weighted by atomic mass is 35.5. The van der Waals surface area contributed by atoms with E-state index < -0.39 is 6.61 Å². The third kappa shape index (κ3) is 5.47. The van der Waals surface area contributed by atoms with Crippen LogP contribution in [0.3, 0.4) is 0 Å². The Labute approximate surface area is 140 Å². The van der Waals surface area contributed by atoms with Gasteiger partial charge >= 0.3 is 6.61 Å². The Morgan fingerprint density at radius 3 is 2.73 bits per heavy atom. The van der Waals surface area contributed by atoms with Gasteiger partial charge in [0.15, 0.2) is 0 Å². The minimum atomic E-state index is -2.86. The zero-order valence-corrected chi connectivity index (χ0v) is 13.3. The number of hydrogen-bond donors (Lipinski definition) is 2. The van der Waals surface area contributed by atoms with Gasteiger partial charge in [0.05, 0.1) is 12.2 Å². The van der Waals surface area contributed by atoms with Crippen LogP contribution in [0.25, 0.3) is 0 Å². The van der Waals surface area contributed by atoms with Crippen LogP contribution in [0.2, 0.25) is 0 Å². The molecular weight excluding hydrogens is 339 g/mol. The van der Waals surface area contributed by atoms with E-state index in [2.05, 4.69) is 10.1 Å². The molecule has 2 rings (SSSR count). The molecule has 22 heavy (non-hydrogen) atoms. The highest BCUT2D eigenvalue weighted by molar-refractivity contribution is 5.85. The predicted octanol–water partition coefficient (Wildman–Crippen LogP) is 1.79. The first kappa shape index (κ1) is 20.7. The molecule has 1 saturated heterocycles. The zero-order chi connectivity index (χ0) is 14.5. The van der Waals surface area contributed by atoms with Crippen molar-refractivity contribution in [3.05, 3.63) is 24.3 Å². The number of amides is 1. The molecule has 1 amide bonds. The van der Waals surface area contributed by atoms with Gasteiger partial charge in [0, 0.05) is 19.1 Å². The number of nitrogens with two attached hydrogens (primary N) is 1. The van der Waals surface area contributed by atoms with Crippen molar-refractivity contribution in [2.45, 2.75) is 19.1 Å². The molecule has 1 aliphatic rings. The molecule has 1 fully saturated rings. The molecule has 1 aromatic carbocycles. The Bertz CT molecular complexity index is 480. The molecule has 3 N–H and O–H groups in total. The molecule has 0 aromatic heterocycles. The van der Waals surface area contributed by atoms with E-state index in [1.165, 1.54) is 6.07 Å². The minimum absolute atomic E-state index is 0. The van der Waals surface area contributed by atoms with E-state index in [1.807, 2.05) is 4.90 Å². The summed E-state index contributed by atoms with van der Waals surface area (Å²) in [5.74, 6) is -0.0673. The van der Waals surface area contributed by atoms with Crippen molar-refractivity contribution in [1.82, 2.24) is 5.32 Å². The number of alkyl halides is 2. The summed E-state index contributed by atoms with van der Waals surface area (Å²) in [5.41, 5.74) is 5.85. The fraction of sp³-hybridized carbons (Fsp3) is 0.462. The average molecular weight is 358 g/mol. The number of benzene rings is 1. The predicted molar refractivity (Wildman–Crippen MR) is 85.4 cm³/mol. The smallest absolute Gasteiger partial charge is 0.387 e. The van der Waals surface area contributed by atoms with Crippen molar-refractivity contribution < 1.29 is 18.3 Å². The van der Waals surface area contributed by atoms with Crippen LogP contribution in [0.15, 0.2) is 24.3 Å². The number of ether oxygens (including phenoxy) is 1. The summed E-state index contributed by atoms with van der Waals surface area (Å²) in [6, 6.07) is 6.62. The summed E-state index contributed by atoms with van der Waals surface area (Å²) in [6.07, 6.45) is 0.745. The first-order chi connectivity index (χ1) is 9.60. The molecule has 0 radical (unpaired) electrons. The number of para-hydroxylation sites is 2. The van der Waals surface area contributed by atoms with Crippen LogP contribution < -0.4 is 20.7 Å². The van der Waals surface area contributed by atoms with Gasteiger partial charge in [0.1, 0.15) is 5.75 Å². The summed E-state index contributed by atoms with van der Waals surface area (Å²) in [6.45, 7) is -1.69. The first-order valence-electron chi connectivity index (χ1n) is 6.38. The maximum Gasteiger partial charge on any atom is 0.387 e. The van der Waals surface area contributed by atoms with E-state index in [-0.39, 0.29) is 49.1 Å². The van der Waals surface area contributed by atoms with Crippen molar-refractivity contribution in [2.24, 2.45) is 5.73 Å². The molecule has 126 valence electrons. The van der Waals surface area contributed by atoms with Crippen molar-refractivity contribution in [2.75, 3.05) is 24.5 Å². The zero-order valence-electron chi connectivity index (χ0n) is 11.7. The lowest BCUT2D eigenvalue weighted by molar-refractivity contribution is -0.120. The number of carbonyl (C=O) groups excluding carboxylic acids is 1. The SMILES string of the molecule is Cl.Cl.NCC(=O)NC1CCN(c2ccccc2OC(F)F)C1. The molecular formula is C13H19Cl2F2N3O2. The Balaban J connectivity index is 0.00000220. The Morgan fingerprint density at radius 1 is 1.41 bits per heavy atom. The summed E-state index contributed by atoms with van der Waals surface area (Å²) in [4.78, 5) is 13.2. The number of nitrogens with zero attached hydrogens (tertiary/aromatic N) is 1. The maximum absolute atomic E-state index is 12.4. The summed E-state index contributed by atoms with van der Waals surface area (Å²) in [7, 11) is 0. The fourth-order valence-electron chi connectivity index (χ4n) is 2.30. The van der Waals surface area contributed by atoms with Crippen LogP contribution in [-0.4, -0.2) is 38.2 Å². The molecule has 1 aromatic rings. The van der Waals surface area contributed by atoms with Crippen molar-refractivity contribution in [3.8, 4) is 5.75 Å². The molecule has 0 aliphatic carbocycles. The van der Waals surface area contributed by atoms with E-state index in [0.29, 0.717) is 18.8 Å². The molecule has 1 unspecified atom stereocenters. The van der Waals surface area contributed by atoms with E-state index in [0.717, 1.165) is 6.42 Å². The van der Waals surface area contributed by atoms with E-state index in [4.69, 9.17) is 5.73 Å². The van der Waals surface area contributed by atoms with Crippen LogP contribution >= 0.6 is 24.8 Å². The van der Waals surface area contributed by atoms with Crippen molar-refractivity contribution in [3.63, 3.8) is 0 Å². The molecule has 0 saturated carbocycles. The van der Waals surface area contributed by atoms with Gasteiger partial charge in [0.2, 0.25) is 5.91 Å². The number of carbonyl (C=O) groups is 1. The molecule has 1 heterocycles. The van der Waals surface area contributed by atoms with Gasteiger partial charge in [-0.3, -0.25) is 4.79 Å². The number of nitrogens with one attached hydrogen (secondary N) is 1. The van der Waals surface area contributed by atoms with Crippen LogP contribution in [-0.2, 0) is 4.79 Å². The van der Waals surface area contributed by atoms with E-state index in [1.54, 1.807) is 18.2 Å². The van der Waals surface area contributed by atoms with Gasteiger partial charge in [-0.05, 0) is 18.6 Å². The second-order valence-corrected chi connectivity index (χ2v) is 4.55. The van der Waals surface area contributed by atoms with Gasteiger partial charge in [0.25, 0.3) is 0 Å². The maximum atomic E-state index is 12.4. The number of halogens is 4. The Morgan fingerprint density at radius 2 is 2.09 bits per heavy atom. The topological polar surface area (TPSA) is 67.6 Å². The minimum Gasteiger partial charge on any atom is -0.433 e. The summed E-state index contributed by atoms with van der Waals surface area (Å²) < 4.78 is 29.3.